The Hall–Kier alpha value is -1.77. The minimum atomic E-state index is -5.45. The van der Waals surface area contributed by atoms with Crippen LogP contribution < -0.4 is 4.90 Å². The van der Waals surface area contributed by atoms with Crippen molar-refractivity contribution in [1.82, 2.24) is 4.90 Å². The quantitative estimate of drug-likeness (QED) is 0.826. The molecule has 2 rings (SSSR count). The summed E-state index contributed by atoms with van der Waals surface area (Å²) >= 11 is 0. The zero-order valence-electron chi connectivity index (χ0n) is 13.4. The van der Waals surface area contributed by atoms with Crippen molar-refractivity contribution < 1.29 is 26.4 Å². The maximum atomic E-state index is 12.9. The van der Waals surface area contributed by atoms with Crippen LogP contribution >= 0.6 is 0 Å². The topological polar surface area (TPSA) is 57.7 Å². The highest BCUT2D eigenvalue weighted by Crippen LogP contribution is 2.37. The second-order valence-electron chi connectivity index (χ2n) is 5.93. The molecule has 134 valence electrons. The lowest BCUT2D eigenvalue weighted by Gasteiger charge is -2.35. The van der Waals surface area contributed by atoms with Crippen LogP contribution in [0.25, 0.3) is 0 Å². The summed E-state index contributed by atoms with van der Waals surface area (Å²) in [4.78, 5) is 14.3. The Labute approximate surface area is 139 Å². The van der Waals surface area contributed by atoms with Crippen LogP contribution in [0.2, 0.25) is 0 Å². The summed E-state index contributed by atoms with van der Waals surface area (Å²) in [6.45, 7) is 0.600. The summed E-state index contributed by atoms with van der Waals surface area (Å²) in [5.41, 5.74) is -5.37. The number of nitrogens with zero attached hydrogens (tertiary/aromatic N) is 2. The molecule has 0 aromatic heterocycles. The van der Waals surface area contributed by atoms with Crippen molar-refractivity contribution in [2.24, 2.45) is 5.92 Å². The number of anilines is 1. The van der Waals surface area contributed by atoms with Gasteiger partial charge in [-0.15, -0.1) is 0 Å². The lowest BCUT2D eigenvalue weighted by Crippen LogP contribution is -2.43. The van der Waals surface area contributed by atoms with Gasteiger partial charge in [-0.2, -0.15) is 13.2 Å². The van der Waals surface area contributed by atoms with E-state index in [1.54, 1.807) is 19.0 Å². The normalized spacial score (nSPS) is 19.2. The van der Waals surface area contributed by atoms with Gasteiger partial charge in [0, 0.05) is 27.2 Å². The second-order valence-corrected chi connectivity index (χ2v) is 7.84. The molecule has 0 N–H and O–H groups in total. The first kappa shape index (κ1) is 18.6. The average molecular weight is 364 g/mol. The van der Waals surface area contributed by atoms with Gasteiger partial charge in [0.15, 0.2) is 0 Å². The molecular formula is C15H19F3N2O3S. The number of halogens is 3. The Balaban J connectivity index is 2.38. The first-order valence-electron chi connectivity index (χ1n) is 7.42. The van der Waals surface area contributed by atoms with E-state index in [0.29, 0.717) is 19.4 Å². The van der Waals surface area contributed by atoms with Crippen LogP contribution in [0.15, 0.2) is 29.2 Å². The van der Waals surface area contributed by atoms with Gasteiger partial charge >= 0.3 is 5.51 Å². The van der Waals surface area contributed by atoms with E-state index in [1.807, 2.05) is 0 Å². The largest absolute Gasteiger partial charge is 0.501 e. The molecule has 1 saturated heterocycles. The van der Waals surface area contributed by atoms with Crippen molar-refractivity contribution in [3.05, 3.63) is 24.3 Å². The summed E-state index contributed by atoms with van der Waals surface area (Å²) in [5.74, 6) is -0.480. The van der Waals surface area contributed by atoms with E-state index in [1.165, 1.54) is 23.1 Å². The fraction of sp³-hybridized carbons (Fsp3) is 0.533. The SMILES string of the molecule is CN(C)C(=O)C1CCCN(c2ccccc2S(=O)(=O)C(F)(F)F)C1. The van der Waals surface area contributed by atoms with Crippen molar-refractivity contribution in [3.63, 3.8) is 0 Å². The van der Waals surface area contributed by atoms with Crippen LogP contribution in [0.3, 0.4) is 0 Å². The Morgan fingerprint density at radius 2 is 1.88 bits per heavy atom. The summed E-state index contributed by atoms with van der Waals surface area (Å²) in [7, 11) is -2.22. The van der Waals surface area contributed by atoms with Crippen molar-refractivity contribution in [2.75, 3.05) is 32.1 Å². The Bertz CT molecular complexity index is 717. The second kappa shape index (κ2) is 6.62. The van der Waals surface area contributed by atoms with Crippen LogP contribution in [0, 0.1) is 5.92 Å². The fourth-order valence-corrected chi connectivity index (χ4v) is 3.81. The third-order valence-corrected chi connectivity index (χ3v) is 5.55. The molecular weight excluding hydrogens is 345 g/mol. The zero-order valence-corrected chi connectivity index (χ0v) is 14.2. The Kier molecular flexibility index (Phi) is 5.12. The number of carbonyl (C=O) groups is 1. The van der Waals surface area contributed by atoms with Crippen LogP contribution in [0.5, 0.6) is 0 Å². The average Bonchev–Trinajstić information content (AvgIpc) is 2.53. The molecule has 24 heavy (non-hydrogen) atoms. The fourth-order valence-electron chi connectivity index (χ4n) is 2.83. The predicted octanol–water partition coefficient (Wildman–Crippen LogP) is 2.28. The van der Waals surface area contributed by atoms with Crippen LogP contribution in [-0.2, 0) is 14.6 Å². The smallest absolute Gasteiger partial charge is 0.370 e. The van der Waals surface area contributed by atoms with Crippen molar-refractivity contribution >= 4 is 21.4 Å². The maximum Gasteiger partial charge on any atom is 0.501 e. The van der Waals surface area contributed by atoms with Gasteiger partial charge in [-0.1, -0.05) is 12.1 Å². The van der Waals surface area contributed by atoms with Crippen molar-refractivity contribution in [2.45, 2.75) is 23.2 Å². The molecule has 1 heterocycles. The zero-order chi connectivity index (χ0) is 18.1. The van der Waals surface area contributed by atoms with E-state index in [2.05, 4.69) is 0 Å². The third-order valence-electron chi connectivity index (χ3n) is 4.01. The monoisotopic (exact) mass is 364 g/mol. The Morgan fingerprint density at radius 3 is 2.46 bits per heavy atom. The number of hydrogen-bond acceptors (Lipinski definition) is 4. The number of sulfone groups is 1. The third kappa shape index (κ3) is 3.50. The number of benzene rings is 1. The maximum absolute atomic E-state index is 12.9. The summed E-state index contributed by atoms with van der Waals surface area (Å²) in [6.07, 6.45) is 1.23. The molecule has 9 heteroatoms. The molecule has 0 aliphatic carbocycles. The van der Waals surface area contributed by atoms with E-state index in [9.17, 15) is 26.4 Å². The molecule has 0 bridgehead atoms. The van der Waals surface area contributed by atoms with Gasteiger partial charge < -0.3 is 9.80 Å². The molecule has 1 unspecified atom stereocenters. The van der Waals surface area contributed by atoms with Crippen LogP contribution in [0.4, 0.5) is 18.9 Å². The molecule has 5 nitrogen and oxygen atoms in total. The minimum Gasteiger partial charge on any atom is -0.370 e. The van der Waals surface area contributed by atoms with Crippen molar-refractivity contribution in [1.29, 1.82) is 0 Å². The van der Waals surface area contributed by atoms with Gasteiger partial charge in [0.1, 0.15) is 0 Å². The van der Waals surface area contributed by atoms with Crippen LogP contribution in [-0.4, -0.2) is 51.9 Å². The van der Waals surface area contributed by atoms with E-state index < -0.39 is 20.2 Å². The molecule has 0 saturated carbocycles. The van der Waals surface area contributed by atoms with E-state index in [0.717, 1.165) is 6.07 Å². The standard InChI is InChI=1S/C15H19F3N2O3S/c1-19(2)14(21)11-6-5-9-20(10-11)12-7-3-4-8-13(12)24(22,23)15(16,17)18/h3-4,7-8,11H,5-6,9-10H2,1-2H3. The molecule has 1 amide bonds. The van der Waals surface area contributed by atoms with Gasteiger partial charge in [-0.3, -0.25) is 4.79 Å². The first-order chi connectivity index (χ1) is 11.1. The molecule has 1 aromatic rings. The van der Waals surface area contributed by atoms with Crippen molar-refractivity contribution in [3.8, 4) is 0 Å². The van der Waals surface area contributed by atoms with Gasteiger partial charge in [-0.05, 0) is 25.0 Å². The van der Waals surface area contributed by atoms with Crippen LogP contribution in [0.1, 0.15) is 12.8 Å². The number of hydrogen-bond donors (Lipinski definition) is 0. The van der Waals surface area contributed by atoms with Gasteiger partial charge in [0.25, 0.3) is 9.84 Å². The Morgan fingerprint density at radius 1 is 1.25 bits per heavy atom. The summed E-state index contributed by atoms with van der Waals surface area (Å²) in [6, 6.07) is 5.05. The number of amides is 1. The molecule has 0 radical (unpaired) electrons. The van der Waals surface area contributed by atoms with Gasteiger partial charge in [-0.25, -0.2) is 8.42 Å². The van der Waals surface area contributed by atoms with Gasteiger partial charge in [0.2, 0.25) is 5.91 Å². The predicted molar refractivity (Wildman–Crippen MR) is 83.3 cm³/mol. The molecule has 1 aliphatic heterocycles. The highest BCUT2D eigenvalue weighted by atomic mass is 32.2. The highest BCUT2D eigenvalue weighted by Gasteiger charge is 2.48. The molecule has 1 atom stereocenters. The summed E-state index contributed by atoms with van der Waals surface area (Å²) < 4.78 is 62.4. The number of alkyl halides is 3. The van der Waals surface area contributed by atoms with Gasteiger partial charge in [0.05, 0.1) is 16.5 Å². The number of carbonyl (C=O) groups excluding carboxylic acids is 1. The number of piperidine rings is 1. The van der Waals surface area contributed by atoms with E-state index in [4.69, 9.17) is 0 Å². The summed E-state index contributed by atoms with van der Waals surface area (Å²) in [5, 5.41) is 0. The molecule has 1 aromatic carbocycles. The molecule has 1 fully saturated rings. The minimum absolute atomic E-state index is 0.00826. The highest BCUT2D eigenvalue weighted by molar-refractivity contribution is 7.92. The van der Waals surface area contributed by atoms with E-state index >= 15 is 0 Å². The first-order valence-corrected chi connectivity index (χ1v) is 8.90. The lowest BCUT2D eigenvalue weighted by atomic mass is 9.96. The lowest BCUT2D eigenvalue weighted by molar-refractivity contribution is -0.133. The number of para-hydroxylation sites is 1. The number of rotatable bonds is 3. The molecule has 0 spiro atoms. The molecule has 1 aliphatic rings. The van der Waals surface area contributed by atoms with E-state index in [-0.39, 0.29) is 24.1 Å².